The molecule has 0 saturated carbocycles. The van der Waals surface area contributed by atoms with Gasteiger partial charge in [0.2, 0.25) is 11.8 Å². The van der Waals surface area contributed by atoms with E-state index in [0.29, 0.717) is 22.4 Å². The predicted octanol–water partition coefficient (Wildman–Crippen LogP) is 3.73. The number of ether oxygens (including phenoxy) is 4. The first-order valence-corrected chi connectivity index (χ1v) is 18.2. The van der Waals surface area contributed by atoms with Gasteiger partial charge in [-0.25, -0.2) is 9.69 Å². The number of esters is 1. The molecule has 56 heavy (non-hydrogen) atoms. The number of nitrogens with two attached hydrogens (primary N) is 1. The molecule has 6 atom stereocenters. The first-order valence-electron chi connectivity index (χ1n) is 18.2. The van der Waals surface area contributed by atoms with Gasteiger partial charge in [-0.3, -0.25) is 19.3 Å². The lowest BCUT2D eigenvalue weighted by atomic mass is 9.65. The molecule has 2 saturated heterocycles. The van der Waals surface area contributed by atoms with E-state index in [1.807, 2.05) is 65.6 Å². The van der Waals surface area contributed by atoms with Crippen molar-refractivity contribution in [3.8, 4) is 17.6 Å². The predicted molar refractivity (Wildman–Crippen MR) is 202 cm³/mol. The summed E-state index contributed by atoms with van der Waals surface area (Å²) < 4.78 is 22.6. The first-order chi connectivity index (χ1) is 27.3. The van der Waals surface area contributed by atoms with Crippen molar-refractivity contribution < 1.29 is 48.3 Å². The number of primary amides is 1. The van der Waals surface area contributed by atoms with Crippen molar-refractivity contribution in [1.82, 2.24) is 4.90 Å². The van der Waals surface area contributed by atoms with E-state index in [0.717, 1.165) is 10.5 Å². The smallest absolute Gasteiger partial charge is 0.421 e. The van der Waals surface area contributed by atoms with Crippen LogP contribution >= 0.6 is 0 Å². The minimum atomic E-state index is -2.02. The fraction of sp³-hybridized carbons (Fsp3) is 0.302. The zero-order valence-corrected chi connectivity index (χ0v) is 30.6. The van der Waals surface area contributed by atoms with Gasteiger partial charge in [0, 0.05) is 19.1 Å². The van der Waals surface area contributed by atoms with E-state index < -0.39 is 59.4 Å². The Morgan fingerprint density at radius 1 is 0.839 bits per heavy atom. The fourth-order valence-corrected chi connectivity index (χ4v) is 8.40. The van der Waals surface area contributed by atoms with Crippen molar-refractivity contribution in [2.75, 3.05) is 45.0 Å². The standard InChI is InChI=1S/C43H41N3O10/c1-53-24-25-55-42(52)45-33-20-15-27(10-8-9-21-47)26-32(33)43(41(45)51)34(39(44)49)36-40(50)56-37(29-13-6-3-7-14-29)35(28-11-4-2-5-12-28)46(36)38(43)30-16-18-31(19-17-30)54-23-22-48/h2-7,11-20,26,34-38,47-48H,9,21-25H2,1H3,(H2,44,49). The van der Waals surface area contributed by atoms with E-state index in [1.165, 1.54) is 7.11 Å². The highest BCUT2D eigenvalue weighted by Gasteiger charge is 2.75. The summed E-state index contributed by atoms with van der Waals surface area (Å²) >= 11 is 0. The van der Waals surface area contributed by atoms with Gasteiger partial charge in [-0.05, 0) is 52.6 Å². The van der Waals surface area contributed by atoms with Gasteiger partial charge in [-0.1, -0.05) is 84.6 Å². The molecule has 6 unspecified atom stereocenters. The zero-order valence-electron chi connectivity index (χ0n) is 30.6. The molecule has 288 valence electrons. The molecule has 0 aliphatic carbocycles. The number of rotatable bonds is 11. The zero-order chi connectivity index (χ0) is 39.4. The van der Waals surface area contributed by atoms with Crippen LogP contribution in [-0.4, -0.2) is 85.2 Å². The summed E-state index contributed by atoms with van der Waals surface area (Å²) in [4.78, 5) is 61.4. The minimum Gasteiger partial charge on any atom is -0.491 e. The molecule has 0 aromatic heterocycles. The van der Waals surface area contributed by atoms with Gasteiger partial charge < -0.3 is 34.9 Å². The summed E-state index contributed by atoms with van der Waals surface area (Å²) in [6, 6.07) is 26.9. The third-order valence-corrected chi connectivity index (χ3v) is 10.5. The molecule has 0 radical (unpaired) electrons. The highest BCUT2D eigenvalue weighted by atomic mass is 16.6. The summed E-state index contributed by atoms with van der Waals surface area (Å²) in [5, 5.41) is 18.8. The molecule has 2 fully saturated rings. The third kappa shape index (κ3) is 6.56. The Bertz CT molecular complexity index is 2150. The maximum Gasteiger partial charge on any atom is 0.421 e. The number of benzene rings is 4. The number of aliphatic hydroxyl groups excluding tert-OH is 2. The first kappa shape index (κ1) is 38.2. The lowest BCUT2D eigenvalue weighted by molar-refractivity contribution is -0.178. The number of aliphatic hydroxyl groups is 2. The Hall–Kier alpha value is -6.04. The molecule has 4 aromatic carbocycles. The van der Waals surface area contributed by atoms with E-state index in [9.17, 15) is 24.6 Å². The SMILES string of the molecule is COCCOC(=O)N1C(=O)C2(c3cc(C#CCCO)ccc31)C(C(N)=O)C1C(=O)OC(c3ccccc3)C(c3ccccc3)N1C2c1ccc(OCCO)cc1. The number of imide groups is 1. The van der Waals surface area contributed by atoms with Crippen LogP contribution in [0.15, 0.2) is 103 Å². The van der Waals surface area contributed by atoms with Gasteiger partial charge in [0.1, 0.15) is 36.5 Å². The van der Waals surface area contributed by atoms with Crippen LogP contribution in [0.25, 0.3) is 0 Å². The van der Waals surface area contributed by atoms with Crippen LogP contribution in [0.2, 0.25) is 0 Å². The van der Waals surface area contributed by atoms with Crippen LogP contribution < -0.4 is 15.4 Å². The molecule has 13 heteroatoms. The van der Waals surface area contributed by atoms with Gasteiger partial charge in [-0.15, -0.1) is 0 Å². The lowest BCUT2D eigenvalue weighted by Crippen LogP contribution is -2.55. The van der Waals surface area contributed by atoms with E-state index in [4.69, 9.17) is 24.7 Å². The second kappa shape index (κ2) is 16.4. The molecule has 3 aliphatic rings. The summed E-state index contributed by atoms with van der Waals surface area (Å²) in [5.41, 5.74) is 7.07. The molecular formula is C43H41N3O10. The number of morpholine rings is 1. The topological polar surface area (TPSA) is 178 Å². The van der Waals surface area contributed by atoms with Crippen LogP contribution in [-0.2, 0) is 34.0 Å². The third-order valence-electron chi connectivity index (χ3n) is 10.5. The van der Waals surface area contributed by atoms with Crippen LogP contribution in [0.3, 0.4) is 0 Å². The van der Waals surface area contributed by atoms with Gasteiger partial charge in [0.25, 0.3) is 0 Å². The highest BCUT2D eigenvalue weighted by molar-refractivity contribution is 6.23. The summed E-state index contributed by atoms with van der Waals surface area (Å²) in [6.07, 6.45) is -1.73. The number of hydrogen-bond donors (Lipinski definition) is 3. The largest absolute Gasteiger partial charge is 0.491 e. The number of methoxy groups -OCH3 is 1. The molecule has 4 N–H and O–H groups in total. The molecule has 3 heterocycles. The number of carbonyl (C=O) groups is 4. The van der Waals surface area contributed by atoms with Crippen molar-refractivity contribution in [3.63, 3.8) is 0 Å². The van der Waals surface area contributed by atoms with Crippen LogP contribution in [0.1, 0.15) is 52.4 Å². The molecule has 7 rings (SSSR count). The average molecular weight is 760 g/mol. The van der Waals surface area contributed by atoms with E-state index in [-0.39, 0.29) is 50.7 Å². The maximum absolute atomic E-state index is 15.7. The number of cyclic esters (lactones) is 1. The van der Waals surface area contributed by atoms with Gasteiger partial charge in [0.15, 0.2) is 0 Å². The normalized spacial score (nSPS) is 23.8. The van der Waals surface area contributed by atoms with Crippen molar-refractivity contribution in [2.24, 2.45) is 11.7 Å². The lowest BCUT2D eigenvalue weighted by Gasteiger charge is -2.46. The molecule has 1 spiro atoms. The van der Waals surface area contributed by atoms with Gasteiger partial charge in [-0.2, -0.15) is 0 Å². The molecular weight excluding hydrogens is 718 g/mol. The second-order valence-electron chi connectivity index (χ2n) is 13.6. The molecule has 0 bridgehead atoms. The van der Waals surface area contributed by atoms with E-state index in [1.54, 1.807) is 42.5 Å². The quantitative estimate of drug-likeness (QED) is 0.115. The number of amides is 3. The number of nitrogens with zero attached hydrogens (tertiary/aromatic N) is 2. The summed E-state index contributed by atoms with van der Waals surface area (Å²) in [7, 11) is 1.44. The van der Waals surface area contributed by atoms with E-state index in [2.05, 4.69) is 11.8 Å². The van der Waals surface area contributed by atoms with Crippen LogP contribution in [0.5, 0.6) is 5.75 Å². The van der Waals surface area contributed by atoms with Crippen molar-refractivity contribution in [2.45, 2.75) is 36.1 Å². The second-order valence-corrected chi connectivity index (χ2v) is 13.6. The summed E-state index contributed by atoms with van der Waals surface area (Å²) in [6.45, 7) is -0.454. The Morgan fingerprint density at radius 2 is 1.54 bits per heavy atom. The molecule has 4 aromatic rings. The number of anilines is 1. The van der Waals surface area contributed by atoms with Crippen molar-refractivity contribution in [3.05, 3.63) is 131 Å². The Morgan fingerprint density at radius 3 is 2.18 bits per heavy atom. The summed E-state index contributed by atoms with van der Waals surface area (Å²) in [5.74, 6) is 2.22. The Balaban J connectivity index is 1.55. The number of fused-ring (bicyclic) bond motifs is 3. The minimum absolute atomic E-state index is 0.0391. The Kier molecular flexibility index (Phi) is 11.2. The molecule has 3 aliphatic heterocycles. The van der Waals surface area contributed by atoms with Crippen LogP contribution in [0.4, 0.5) is 10.5 Å². The number of carbonyl (C=O) groups excluding carboxylic acids is 4. The van der Waals surface area contributed by atoms with Gasteiger partial charge in [0.05, 0.1) is 43.5 Å². The highest BCUT2D eigenvalue weighted by Crippen LogP contribution is 2.65. The maximum atomic E-state index is 15.7. The van der Waals surface area contributed by atoms with Gasteiger partial charge >= 0.3 is 12.1 Å². The molecule has 3 amide bonds. The monoisotopic (exact) mass is 759 g/mol. The van der Waals surface area contributed by atoms with E-state index >= 15 is 4.79 Å². The van der Waals surface area contributed by atoms with Crippen molar-refractivity contribution in [1.29, 1.82) is 0 Å². The molecule has 13 nitrogen and oxygen atoms in total. The van der Waals surface area contributed by atoms with Crippen LogP contribution in [0, 0.1) is 17.8 Å². The average Bonchev–Trinajstić information content (AvgIpc) is 3.67. The van der Waals surface area contributed by atoms with Crippen molar-refractivity contribution >= 4 is 29.6 Å². The Labute approximate surface area is 323 Å². The number of hydrogen-bond acceptors (Lipinski definition) is 11. The fourth-order valence-electron chi connectivity index (χ4n) is 8.40.